The van der Waals surface area contributed by atoms with Gasteiger partial charge in [-0.25, -0.2) is 0 Å². The van der Waals surface area contributed by atoms with Gasteiger partial charge in [-0.15, -0.1) is 0 Å². The van der Waals surface area contributed by atoms with Crippen LogP contribution in [0.15, 0.2) is 18.5 Å². The predicted molar refractivity (Wildman–Crippen MR) is 87.5 cm³/mol. The van der Waals surface area contributed by atoms with E-state index < -0.39 is 0 Å². The lowest BCUT2D eigenvalue weighted by molar-refractivity contribution is -0.118. The van der Waals surface area contributed by atoms with Gasteiger partial charge in [0.05, 0.1) is 17.4 Å². The van der Waals surface area contributed by atoms with E-state index in [4.69, 9.17) is 0 Å². The molecule has 0 atom stereocenters. The van der Waals surface area contributed by atoms with Crippen LogP contribution in [0.1, 0.15) is 10.4 Å². The van der Waals surface area contributed by atoms with Crippen molar-refractivity contribution in [2.75, 3.05) is 64.3 Å². The Morgan fingerprint density at radius 3 is 2.39 bits per heavy atom. The second-order valence-corrected chi connectivity index (χ2v) is 6.16. The van der Waals surface area contributed by atoms with Gasteiger partial charge in [-0.3, -0.25) is 14.6 Å². The third kappa shape index (κ3) is 3.61. The van der Waals surface area contributed by atoms with E-state index in [0.29, 0.717) is 18.7 Å². The summed E-state index contributed by atoms with van der Waals surface area (Å²) in [6.45, 7) is 6.30. The van der Waals surface area contributed by atoms with Gasteiger partial charge in [0.25, 0.3) is 5.91 Å². The van der Waals surface area contributed by atoms with E-state index >= 15 is 0 Å². The molecule has 2 fully saturated rings. The van der Waals surface area contributed by atoms with E-state index in [-0.39, 0.29) is 5.91 Å². The molecule has 1 aromatic heterocycles. The smallest absolute Gasteiger partial charge is 0.255 e. The number of likely N-dealkylation sites (N-methyl/N-ethyl adjacent to an activating group) is 1. The summed E-state index contributed by atoms with van der Waals surface area (Å²) in [5.41, 5.74) is 1.60. The van der Waals surface area contributed by atoms with Crippen LogP contribution in [0.25, 0.3) is 0 Å². The van der Waals surface area contributed by atoms with E-state index in [9.17, 15) is 9.59 Å². The molecule has 2 saturated heterocycles. The number of hydrogen-bond donors (Lipinski definition) is 0. The van der Waals surface area contributed by atoms with Crippen LogP contribution >= 0.6 is 0 Å². The fraction of sp³-hybridized carbons (Fsp3) is 0.562. The first-order valence-electron chi connectivity index (χ1n) is 8.04. The van der Waals surface area contributed by atoms with E-state index in [1.807, 2.05) is 11.0 Å². The molecule has 124 valence electrons. The first kappa shape index (κ1) is 15.7. The summed E-state index contributed by atoms with van der Waals surface area (Å²) in [6, 6.07) is 1.92. The highest BCUT2D eigenvalue weighted by atomic mass is 16.2. The van der Waals surface area contributed by atoms with Gasteiger partial charge >= 0.3 is 0 Å². The molecule has 0 saturated carbocycles. The molecule has 2 amide bonds. The molecule has 0 aromatic carbocycles. The maximum absolute atomic E-state index is 12.6. The number of pyridine rings is 1. The number of carbonyl (C=O) groups excluding carboxylic acids is 2. The number of nitrogens with zero attached hydrogens (tertiary/aromatic N) is 5. The Labute approximate surface area is 136 Å². The van der Waals surface area contributed by atoms with Crippen molar-refractivity contribution in [3.05, 3.63) is 24.0 Å². The fourth-order valence-corrected chi connectivity index (χ4v) is 3.00. The largest absolute Gasteiger partial charge is 0.367 e. The summed E-state index contributed by atoms with van der Waals surface area (Å²) in [5.74, 6) is 0.0546. The molecule has 0 unspecified atom stereocenters. The van der Waals surface area contributed by atoms with Crippen LogP contribution in [-0.2, 0) is 4.79 Å². The zero-order valence-corrected chi connectivity index (χ0v) is 13.5. The number of piperazine rings is 2. The van der Waals surface area contributed by atoms with Gasteiger partial charge in [0.1, 0.15) is 0 Å². The molecule has 0 aliphatic carbocycles. The topological polar surface area (TPSA) is 60.0 Å². The van der Waals surface area contributed by atoms with Crippen molar-refractivity contribution >= 4 is 18.0 Å². The number of hydrogen-bond acceptors (Lipinski definition) is 5. The highest BCUT2D eigenvalue weighted by Gasteiger charge is 2.22. The quantitative estimate of drug-likeness (QED) is 0.720. The van der Waals surface area contributed by atoms with Crippen LogP contribution in [0.5, 0.6) is 0 Å². The third-order valence-corrected chi connectivity index (χ3v) is 4.59. The number of aromatic nitrogens is 1. The molecule has 0 radical (unpaired) electrons. The van der Waals surface area contributed by atoms with Crippen LogP contribution in [0.4, 0.5) is 5.69 Å². The monoisotopic (exact) mass is 317 g/mol. The van der Waals surface area contributed by atoms with Gasteiger partial charge < -0.3 is 19.6 Å². The van der Waals surface area contributed by atoms with Crippen molar-refractivity contribution in [1.82, 2.24) is 19.7 Å². The molecule has 3 rings (SSSR count). The third-order valence-electron chi connectivity index (χ3n) is 4.59. The average Bonchev–Trinajstić information content (AvgIpc) is 2.62. The van der Waals surface area contributed by atoms with E-state index in [1.54, 1.807) is 17.3 Å². The van der Waals surface area contributed by atoms with Crippen LogP contribution in [0, 0.1) is 0 Å². The standard InChI is InChI=1S/C16H23N5O2/c1-18-2-6-21(7-3-18)16(23)14-10-15(12-17-11-14)20-8-4-19(13-22)5-9-20/h10-13H,2-9H2,1H3. The van der Waals surface area contributed by atoms with Crippen molar-refractivity contribution in [3.8, 4) is 0 Å². The van der Waals surface area contributed by atoms with Crippen molar-refractivity contribution < 1.29 is 9.59 Å². The molecular weight excluding hydrogens is 294 g/mol. The van der Waals surface area contributed by atoms with Gasteiger partial charge in [-0.05, 0) is 13.1 Å². The summed E-state index contributed by atoms with van der Waals surface area (Å²) < 4.78 is 0. The molecule has 0 bridgehead atoms. The maximum atomic E-state index is 12.6. The highest BCUT2D eigenvalue weighted by molar-refractivity contribution is 5.94. The zero-order chi connectivity index (χ0) is 16.2. The Morgan fingerprint density at radius 2 is 1.74 bits per heavy atom. The summed E-state index contributed by atoms with van der Waals surface area (Å²) in [6.07, 6.45) is 4.33. The molecule has 3 heterocycles. The molecule has 23 heavy (non-hydrogen) atoms. The van der Waals surface area contributed by atoms with Crippen LogP contribution in [0.2, 0.25) is 0 Å². The summed E-state index contributed by atoms with van der Waals surface area (Å²) in [4.78, 5) is 35.7. The van der Waals surface area contributed by atoms with Gasteiger partial charge in [0, 0.05) is 58.6 Å². The lowest BCUT2D eigenvalue weighted by Gasteiger charge is -2.34. The molecule has 2 aliphatic rings. The predicted octanol–water partition coefficient (Wildman–Crippen LogP) is -0.252. The SMILES string of the molecule is CN1CCN(C(=O)c2cncc(N3CCN(C=O)CC3)c2)CC1. The summed E-state index contributed by atoms with van der Waals surface area (Å²) in [5, 5.41) is 0. The number of anilines is 1. The molecule has 2 aliphatic heterocycles. The number of amides is 2. The Hall–Kier alpha value is -2.15. The first-order chi connectivity index (χ1) is 11.2. The molecule has 1 aromatic rings. The van der Waals surface area contributed by atoms with E-state index in [0.717, 1.165) is 51.4 Å². The minimum atomic E-state index is 0.0546. The Balaban J connectivity index is 1.67. The van der Waals surface area contributed by atoms with Crippen LogP contribution < -0.4 is 4.90 Å². The Morgan fingerprint density at radius 1 is 1.04 bits per heavy atom. The highest BCUT2D eigenvalue weighted by Crippen LogP contribution is 2.18. The lowest BCUT2D eigenvalue weighted by atomic mass is 10.2. The van der Waals surface area contributed by atoms with Crippen molar-refractivity contribution in [2.45, 2.75) is 0 Å². The van der Waals surface area contributed by atoms with Crippen LogP contribution in [0.3, 0.4) is 0 Å². The molecular formula is C16H23N5O2. The maximum Gasteiger partial charge on any atom is 0.255 e. The van der Waals surface area contributed by atoms with Gasteiger partial charge in [0.2, 0.25) is 6.41 Å². The Kier molecular flexibility index (Phi) is 4.76. The molecule has 0 N–H and O–H groups in total. The molecule has 7 heteroatoms. The van der Waals surface area contributed by atoms with Crippen LogP contribution in [-0.4, -0.2) is 91.4 Å². The minimum Gasteiger partial charge on any atom is -0.367 e. The van der Waals surface area contributed by atoms with Crippen molar-refractivity contribution in [2.24, 2.45) is 0 Å². The van der Waals surface area contributed by atoms with Gasteiger partial charge in [-0.1, -0.05) is 0 Å². The second kappa shape index (κ2) is 6.95. The van der Waals surface area contributed by atoms with Crippen molar-refractivity contribution in [3.63, 3.8) is 0 Å². The average molecular weight is 317 g/mol. The lowest BCUT2D eigenvalue weighted by Crippen LogP contribution is -2.47. The van der Waals surface area contributed by atoms with Gasteiger partial charge in [-0.2, -0.15) is 0 Å². The fourth-order valence-electron chi connectivity index (χ4n) is 3.00. The van der Waals surface area contributed by atoms with E-state index in [1.165, 1.54) is 0 Å². The Bertz CT molecular complexity index is 563. The molecule has 0 spiro atoms. The minimum absolute atomic E-state index is 0.0546. The van der Waals surface area contributed by atoms with Crippen molar-refractivity contribution in [1.29, 1.82) is 0 Å². The van der Waals surface area contributed by atoms with E-state index in [2.05, 4.69) is 21.8 Å². The number of carbonyl (C=O) groups is 2. The molecule has 7 nitrogen and oxygen atoms in total. The summed E-state index contributed by atoms with van der Waals surface area (Å²) in [7, 11) is 2.07. The second-order valence-electron chi connectivity index (χ2n) is 6.16. The first-order valence-corrected chi connectivity index (χ1v) is 8.04. The summed E-state index contributed by atoms with van der Waals surface area (Å²) >= 11 is 0. The number of rotatable bonds is 3. The zero-order valence-electron chi connectivity index (χ0n) is 13.5. The van der Waals surface area contributed by atoms with Gasteiger partial charge in [0.15, 0.2) is 0 Å². The normalized spacial score (nSPS) is 19.8.